The molecule has 2 aromatic carbocycles. The maximum atomic E-state index is 13.2. The number of thioether (sulfide) groups is 1. The monoisotopic (exact) mass is 532 g/mol. The average Bonchev–Trinajstić information content (AvgIpc) is 2.94. The summed E-state index contributed by atoms with van der Waals surface area (Å²) in [7, 11) is 2.05. The lowest BCUT2D eigenvalue weighted by molar-refractivity contribution is -0.149. The van der Waals surface area contributed by atoms with Gasteiger partial charge in [0.15, 0.2) is 5.16 Å². The highest BCUT2D eigenvalue weighted by atomic mass is 32.2. The summed E-state index contributed by atoms with van der Waals surface area (Å²) in [6.45, 7) is 8.07. The molecule has 0 spiro atoms. The molecular formula is C30H36N4O3S. The Morgan fingerprint density at radius 1 is 1.08 bits per heavy atom. The van der Waals surface area contributed by atoms with E-state index in [9.17, 15) is 9.59 Å². The highest BCUT2D eigenvalue weighted by Crippen LogP contribution is 2.27. The van der Waals surface area contributed by atoms with Crippen molar-refractivity contribution in [2.24, 2.45) is 5.92 Å². The van der Waals surface area contributed by atoms with E-state index in [2.05, 4.69) is 31.0 Å². The zero-order valence-corrected chi connectivity index (χ0v) is 23.5. The van der Waals surface area contributed by atoms with E-state index >= 15 is 0 Å². The lowest BCUT2D eigenvalue weighted by Crippen LogP contribution is -2.42. The Morgan fingerprint density at radius 2 is 1.84 bits per heavy atom. The van der Waals surface area contributed by atoms with Crippen LogP contribution in [0.5, 0.6) is 0 Å². The first kappa shape index (κ1) is 27.6. The molecule has 38 heavy (non-hydrogen) atoms. The summed E-state index contributed by atoms with van der Waals surface area (Å²) in [4.78, 5) is 39.0. The fourth-order valence-electron chi connectivity index (χ4n) is 4.70. The second kappa shape index (κ2) is 12.9. The lowest BCUT2D eigenvalue weighted by Gasteiger charge is -2.31. The molecule has 1 atom stereocenters. The second-order valence-electron chi connectivity index (χ2n) is 9.71. The topological polar surface area (TPSA) is 75.6 Å². The van der Waals surface area contributed by atoms with Crippen LogP contribution in [0, 0.1) is 19.8 Å². The van der Waals surface area contributed by atoms with Crippen molar-refractivity contribution in [1.29, 1.82) is 0 Å². The van der Waals surface area contributed by atoms with Crippen molar-refractivity contribution < 1.29 is 14.3 Å². The first-order valence-electron chi connectivity index (χ1n) is 13.1. The highest BCUT2D eigenvalue weighted by Gasteiger charge is 2.29. The van der Waals surface area contributed by atoms with Crippen molar-refractivity contribution in [3.63, 3.8) is 0 Å². The van der Waals surface area contributed by atoms with Crippen molar-refractivity contribution in [1.82, 2.24) is 14.9 Å². The van der Waals surface area contributed by atoms with E-state index in [0.29, 0.717) is 36.2 Å². The Hall–Kier alpha value is -3.39. The predicted octanol–water partition coefficient (Wildman–Crippen LogP) is 5.44. The van der Waals surface area contributed by atoms with Crippen LogP contribution in [0.4, 0.5) is 5.82 Å². The fourth-order valence-corrected chi connectivity index (χ4v) is 5.52. The molecule has 0 unspecified atom stereocenters. The second-order valence-corrected chi connectivity index (χ2v) is 10.7. The average molecular weight is 533 g/mol. The van der Waals surface area contributed by atoms with Gasteiger partial charge in [-0.25, -0.2) is 9.97 Å². The molecule has 200 valence electrons. The number of nitrogens with zero attached hydrogens (tertiary/aromatic N) is 4. The number of esters is 1. The molecule has 1 aliphatic rings. The van der Waals surface area contributed by atoms with Gasteiger partial charge in [0.25, 0.3) is 5.91 Å². The first-order chi connectivity index (χ1) is 18.4. The summed E-state index contributed by atoms with van der Waals surface area (Å²) >= 11 is 1.57. The largest absolute Gasteiger partial charge is 0.466 e. The standard InChI is InChI=1S/C30H36N4O3S/c1-5-37-29(36)26-15-10-16-34(19-26)28(35)25-14-9-13-24(17-25)20-38-30-31-22(3)21(2)27(32-30)33(4)18-23-11-7-6-8-12-23/h6-9,11-14,17,26H,5,10,15-16,18-20H2,1-4H3/t26-/m1/s1. The number of benzene rings is 2. The molecule has 0 radical (unpaired) electrons. The molecule has 1 fully saturated rings. The van der Waals surface area contributed by atoms with E-state index in [4.69, 9.17) is 14.7 Å². The highest BCUT2D eigenvalue weighted by molar-refractivity contribution is 7.98. The van der Waals surface area contributed by atoms with Crippen molar-refractivity contribution in [3.05, 3.63) is 82.5 Å². The van der Waals surface area contributed by atoms with E-state index in [1.165, 1.54) is 5.56 Å². The van der Waals surface area contributed by atoms with Gasteiger partial charge in [0.05, 0.1) is 12.5 Å². The molecule has 8 heteroatoms. The van der Waals surface area contributed by atoms with Crippen LogP contribution in [0.2, 0.25) is 0 Å². The van der Waals surface area contributed by atoms with Gasteiger partial charge in [0.1, 0.15) is 5.82 Å². The van der Waals surface area contributed by atoms with Crippen LogP contribution in [-0.2, 0) is 21.8 Å². The van der Waals surface area contributed by atoms with Crippen molar-refractivity contribution in [2.45, 2.75) is 51.1 Å². The number of carbonyl (C=O) groups is 2. The smallest absolute Gasteiger partial charge is 0.310 e. The van der Waals surface area contributed by atoms with Gasteiger partial charge in [-0.1, -0.05) is 54.2 Å². The normalized spacial score (nSPS) is 15.3. The van der Waals surface area contributed by atoms with Crippen molar-refractivity contribution >= 4 is 29.5 Å². The molecule has 1 saturated heterocycles. The molecule has 4 rings (SSSR count). The third kappa shape index (κ3) is 6.92. The number of carbonyl (C=O) groups excluding carboxylic acids is 2. The number of likely N-dealkylation sites (tertiary alicyclic amines) is 1. The van der Waals surface area contributed by atoms with E-state index in [1.54, 1.807) is 23.6 Å². The number of rotatable bonds is 9. The minimum Gasteiger partial charge on any atom is -0.466 e. The molecule has 0 bridgehead atoms. The van der Waals surface area contributed by atoms with Gasteiger partial charge in [-0.15, -0.1) is 0 Å². The molecule has 1 amide bonds. The summed E-state index contributed by atoms with van der Waals surface area (Å²) < 4.78 is 5.18. The Labute approximate surface area is 229 Å². The van der Waals surface area contributed by atoms with Gasteiger partial charge in [-0.2, -0.15) is 0 Å². The van der Waals surface area contributed by atoms with Gasteiger partial charge in [0, 0.05) is 49.3 Å². The third-order valence-corrected chi connectivity index (χ3v) is 7.76. The van der Waals surface area contributed by atoms with Crippen LogP contribution in [0.3, 0.4) is 0 Å². The van der Waals surface area contributed by atoms with E-state index in [0.717, 1.165) is 42.0 Å². The Morgan fingerprint density at radius 3 is 2.61 bits per heavy atom. The Bertz CT molecular complexity index is 1270. The molecule has 7 nitrogen and oxygen atoms in total. The number of ether oxygens (including phenoxy) is 1. The molecular weight excluding hydrogens is 496 g/mol. The molecule has 0 saturated carbocycles. The van der Waals surface area contributed by atoms with Crippen molar-refractivity contribution in [3.8, 4) is 0 Å². The maximum Gasteiger partial charge on any atom is 0.310 e. The molecule has 1 aliphatic heterocycles. The number of aryl methyl sites for hydroxylation is 1. The number of hydrogen-bond donors (Lipinski definition) is 0. The van der Waals surface area contributed by atoms with Crippen LogP contribution in [0.15, 0.2) is 59.8 Å². The van der Waals surface area contributed by atoms with Crippen molar-refractivity contribution in [2.75, 3.05) is 31.6 Å². The van der Waals surface area contributed by atoms with Gasteiger partial charge in [-0.05, 0) is 56.9 Å². The van der Waals surface area contributed by atoms with Crippen LogP contribution in [-0.4, -0.2) is 53.5 Å². The van der Waals surface area contributed by atoms with Gasteiger partial charge in [-0.3, -0.25) is 9.59 Å². The summed E-state index contributed by atoms with van der Waals surface area (Å²) in [6, 6.07) is 18.1. The minimum absolute atomic E-state index is 0.0434. The van der Waals surface area contributed by atoms with Gasteiger partial charge < -0.3 is 14.5 Å². The first-order valence-corrected chi connectivity index (χ1v) is 14.1. The van der Waals surface area contributed by atoms with E-state index < -0.39 is 0 Å². The predicted molar refractivity (Wildman–Crippen MR) is 151 cm³/mol. The number of amides is 1. The molecule has 0 aliphatic carbocycles. The lowest BCUT2D eigenvalue weighted by atomic mass is 9.97. The number of anilines is 1. The van der Waals surface area contributed by atoms with Crippen LogP contribution in [0.1, 0.15) is 52.5 Å². The summed E-state index contributed by atoms with van der Waals surface area (Å²) in [6.07, 6.45) is 1.56. The zero-order valence-electron chi connectivity index (χ0n) is 22.6. The van der Waals surface area contributed by atoms with Crippen LogP contribution >= 0.6 is 11.8 Å². The maximum absolute atomic E-state index is 13.2. The zero-order chi connectivity index (χ0) is 27.1. The molecule has 3 aromatic rings. The Balaban J connectivity index is 1.42. The van der Waals surface area contributed by atoms with Gasteiger partial charge >= 0.3 is 5.97 Å². The van der Waals surface area contributed by atoms with E-state index in [-0.39, 0.29) is 17.8 Å². The minimum atomic E-state index is -0.248. The molecule has 0 N–H and O–H groups in total. The third-order valence-electron chi connectivity index (χ3n) is 6.84. The number of piperidine rings is 1. The van der Waals surface area contributed by atoms with Gasteiger partial charge in [0.2, 0.25) is 0 Å². The number of aromatic nitrogens is 2. The van der Waals surface area contributed by atoms with E-state index in [1.807, 2.05) is 49.4 Å². The summed E-state index contributed by atoms with van der Waals surface area (Å²) in [5.74, 6) is 1.07. The van der Waals surface area contributed by atoms with Crippen LogP contribution < -0.4 is 4.90 Å². The summed E-state index contributed by atoms with van der Waals surface area (Å²) in [5.41, 5.74) is 4.92. The summed E-state index contributed by atoms with van der Waals surface area (Å²) in [5, 5.41) is 0.716. The Kier molecular flexibility index (Phi) is 9.39. The number of hydrogen-bond acceptors (Lipinski definition) is 7. The quantitative estimate of drug-likeness (QED) is 0.206. The fraction of sp³-hybridized carbons (Fsp3) is 0.400. The SMILES string of the molecule is CCOC(=O)[C@@H]1CCCN(C(=O)c2cccc(CSc3nc(C)c(C)c(N(C)Cc4ccccc4)n3)c2)C1. The molecule has 2 heterocycles. The molecule has 1 aromatic heterocycles. The van der Waals surface area contributed by atoms with Crippen LogP contribution in [0.25, 0.3) is 0 Å².